The van der Waals surface area contributed by atoms with Gasteiger partial charge in [0.25, 0.3) is 0 Å². The van der Waals surface area contributed by atoms with Crippen LogP contribution in [0.4, 0.5) is 0 Å². The van der Waals surface area contributed by atoms with Crippen LogP contribution < -0.4 is 0 Å². The lowest BCUT2D eigenvalue weighted by molar-refractivity contribution is -0.122. The average molecular weight is 195 g/mol. The van der Waals surface area contributed by atoms with Gasteiger partial charge in [-0.25, -0.2) is 0 Å². The molecule has 1 saturated heterocycles. The zero-order valence-corrected chi connectivity index (χ0v) is 9.17. The lowest BCUT2D eigenvalue weighted by atomic mass is 9.99. The molecule has 2 fully saturated rings. The van der Waals surface area contributed by atoms with Crippen molar-refractivity contribution in [3.05, 3.63) is 0 Å². The summed E-state index contributed by atoms with van der Waals surface area (Å²) in [6, 6.07) is 0.687. The van der Waals surface area contributed by atoms with Crippen LogP contribution in [0.25, 0.3) is 0 Å². The Balaban J connectivity index is 1.83. The second kappa shape index (κ2) is 4.43. The van der Waals surface area contributed by atoms with Crippen molar-refractivity contribution >= 4 is 5.78 Å². The molecule has 1 unspecified atom stereocenters. The van der Waals surface area contributed by atoms with Crippen molar-refractivity contribution in [3.8, 4) is 0 Å². The Kier molecular flexibility index (Phi) is 3.22. The van der Waals surface area contributed by atoms with Crippen molar-refractivity contribution in [3.63, 3.8) is 0 Å². The van der Waals surface area contributed by atoms with E-state index < -0.39 is 0 Å². The number of hydrogen-bond donors (Lipinski definition) is 0. The molecule has 2 nitrogen and oxygen atoms in total. The summed E-state index contributed by atoms with van der Waals surface area (Å²) in [6.45, 7) is 4.13. The molecule has 0 radical (unpaired) electrons. The summed E-state index contributed by atoms with van der Waals surface area (Å²) >= 11 is 0. The smallest absolute Gasteiger partial charge is 0.149 e. The van der Waals surface area contributed by atoms with Crippen molar-refractivity contribution in [1.82, 2.24) is 4.90 Å². The quantitative estimate of drug-likeness (QED) is 0.685. The van der Waals surface area contributed by atoms with Gasteiger partial charge >= 0.3 is 0 Å². The molecule has 1 aliphatic heterocycles. The second-order valence-electron chi connectivity index (χ2n) is 4.77. The molecule has 0 aromatic rings. The Hall–Kier alpha value is -0.370. The van der Waals surface area contributed by atoms with E-state index in [4.69, 9.17) is 0 Å². The van der Waals surface area contributed by atoms with Gasteiger partial charge in [0.15, 0.2) is 0 Å². The van der Waals surface area contributed by atoms with Gasteiger partial charge in [-0.15, -0.1) is 0 Å². The highest BCUT2D eigenvalue weighted by Crippen LogP contribution is 2.31. The molecule has 1 heterocycles. The number of Topliss-reactive ketones (excluding diaryl/α,β-unsaturated/α-hetero) is 1. The maximum atomic E-state index is 11.7. The van der Waals surface area contributed by atoms with Crippen molar-refractivity contribution in [2.45, 2.75) is 51.5 Å². The Bertz CT molecular complexity index is 210. The van der Waals surface area contributed by atoms with Gasteiger partial charge in [0, 0.05) is 12.0 Å². The number of carbonyl (C=O) groups is 1. The molecule has 1 saturated carbocycles. The van der Waals surface area contributed by atoms with E-state index in [0.29, 0.717) is 17.7 Å². The average Bonchev–Trinajstić information content (AvgIpc) is 3.02. The first-order valence-corrected chi connectivity index (χ1v) is 6.08. The third kappa shape index (κ3) is 2.35. The molecule has 0 amide bonds. The molecule has 2 aliphatic rings. The summed E-state index contributed by atoms with van der Waals surface area (Å²) in [5.41, 5.74) is 0. The Morgan fingerprint density at radius 1 is 1.29 bits per heavy atom. The van der Waals surface area contributed by atoms with Gasteiger partial charge in [-0.05, 0) is 38.6 Å². The molecule has 1 aliphatic carbocycles. The molecule has 14 heavy (non-hydrogen) atoms. The molecular weight excluding hydrogens is 174 g/mol. The number of likely N-dealkylation sites (tertiary alicyclic amines) is 1. The van der Waals surface area contributed by atoms with Crippen LogP contribution >= 0.6 is 0 Å². The van der Waals surface area contributed by atoms with Crippen molar-refractivity contribution in [1.29, 1.82) is 0 Å². The van der Waals surface area contributed by atoms with E-state index in [-0.39, 0.29) is 0 Å². The van der Waals surface area contributed by atoms with E-state index in [2.05, 4.69) is 11.8 Å². The van der Waals surface area contributed by atoms with Gasteiger partial charge in [-0.1, -0.05) is 13.3 Å². The van der Waals surface area contributed by atoms with Crippen LogP contribution in [0, 0.1) is 5.92 Å². The van der Waals surface area contributed by atoms with Gasteiger partial charge in [0.2, 0.25) is 0 Å². The zero-order chi connectivity index (χ0) is 9.97. The molecule has 0 aromatic heterocycles. The van der Waals surface area contributed by atoms with Crippen LogP contribution in [0.3, 0.4) is 0 Å². The molecule has 1 atom stereocenters. The van der Waals surface area contributed by atoms with Crippen LogP contribution in [0.15, 0.2) is 0 Å². The number of rotatable bonds is 4. The first kappa shape index (κ1) is 10.2. The van der Waals surface area contributed by atoms with Crippen LogP contribution in [0.2, 0.25) is 0 Å². The summed E-state index contributed by atoms with van der Waals surface area (Å²) in [6.07, 6.45) is 7.46. The summed E-state index contributed by atoms with van der Waals surface area (Å²) < 4.78 is 0. The van der Waals surface area contributed by atoms with Crippen LogP contribution in [0.1, 0.15) is 45.4 Å². The number of piperidine rings is 1. The molecule has 0 aromatic carbocycles. The summed E-state index contributed by atoms with van der Waals surface area (Å²) in [5.74, 6) is 0.944. The maximum absolute atomic E-state index is 11.7. The fourth-order valence-electron chi connectivity index (χ4n) is 2.47. The maximum Gasteiger partial charge on any atom is 0.149 e. The standard InChI is InChI=1S/C12H21NO/c1-2-11-5-3-4-8-13(11)9-12(14)10-6-7-10/h10-11H,2-9H2,1H3. The normalized spacial score (nSPS) is 29.1. The Morgan fingerprint density at radius 3 is 2.71 bits per heavy atom. The van der Waals surface area contributed by atoms with Gasteiger partial charge in [0.05, 0.1) is 6.54 Å². The van der Waals surface area contributed by atoms with Gasteiger partial charge in [-0.2, -0.15) is 0 Å². The highest BCUT2D eigenvalue weighted by Gasteiger charge is 2.32. The molecule has 80 valence electrons. The monoisotopic (exact) mass is 195 g/mol. The molecular formula is C12H21NO. The van der Waals surface area contributed by atoms with Crippen LogP contribution in [0.5, 0.6) is 0 Å². The fraction of sp³-hybridized carbons (Fsp3) is 0.917. The SMILES string of the molecule is CCC1CCCCN1CC(=O)C1CC1. The topological polar surface area (TPSA) is 20.3 Å². The minimum atomic E-state index is 0.439. The van der Waals surface area contributed by atoms with Gasteiger partial charge < -0.3 is 0 Å². The van der Waals surface area contributed by atoms with Crippen molar-refractivity contribution < 1.29 is 4.79 Å². The highest BCUT2D eigenvalue weighted by atomic mass is 16.1. The number of ketones is 1. The largest absolute Gasteiger partial charge is 0.298 e. The molecule has 0 spiro atoms. The Labute approximate surface area is 86.7 Å². The predicted octanol–water partition coefficient (Wildman–Crippen LogP) is 2.23. The third-order valence-electron chi connectivity index (χ3n) is 3.61. The van der Waals surface area contributed by atoms with Gasteiger partial charge in [-0.3, -0.25) is 9.69 Å². The second-order valence-corrected chi connectivity index (χ2v) is 4.77. The molecule has 2 heteroatoms. The lowest BCUT2D eigenvalue weighted by Gasteiger charge is -2.34. The minimum absolute atomic E-state index is 0.439. The zero-order valence-electron chi connectivity index (χ0n) is 9.17. The number of carbonyl (C=O) groups excluding carboxylic acids is 1. The molecule has 2 rings (SSSR count). The van der Waals surface area contributed by atoms with Gasteiger partial charge in [0.1, 0.15) is 5.78 Å². The fourth-order valence-corrected chi connectivity index (χ4v) is 2.47. The summed E-state index contributed by atoms with van der Waals surface area (Å²) in [5, 5.41) is 0. The minimum Gasteiger partial charge on any atom is -0.298 e. The number of nitrogens with zero attached hydrogens (tertiary/aromatic N) is 1. The van der Waals surface area contributed by atoms with E-state index in [1.54, 1.807) is 0 Å². The first-order valence-electron chi connectivity index (χ1n) is 6.08. The van der Waals surface area contributed by atoms with E-state index in [0.717, 1.165) is 25.9 Å². The van der Waals surface area contributed by atoms with Crippen LogP contribution in [-0.2, 0) is 4.79 Å². The van der Waals surface area contributed by atoms with Crippen molar-refractivity contribution in [2.24, 2.45) is 5.92 Å². The molecule has 0 bridgehead atoms. The predicted molar refractivity (Wildman–Crippen MR) is 57.2 cm³/mol. The highest BCUT2D eigenvalue weighted by molar-refractivity contribution is 5.85. The Morgan fingerprint density at radius 2 is 2.07 bits per heavy atom. The van der Waals surface area contributed by atoms with Crippen molar-refractivity contribution in [2.75, 3.05) is 13.1 Å². The first-order chi connectivity index (χ1) is 6.81. The van der Waals surface area contributed by atoms with E-state index >= 15 is 0 Å². The van der Waals surface area contributed by atoms with Crippen LogP contribution in [-0.4, -0.2) is 29.8 Å². The van der Waals surface area contributed by atoms with E-state index in [1.165, 1.54) is 25.7 Å². The lowest BCUT2D eigenvalue weighted by Crippen LogP contribution is -2.42. The third-order valence-corrected chi connectivity index (χ3v) is 3.61. The van der Waals surface area contributed by atoms with E-state index in [1.807, 2.05) is 0 Å². The summed E-state index contributed by atoms with van der Waals surface area (Å²) in [4.78, 5) is 14.1. The summed E-state index contributed by atoms with van der Waals surface area (Å²) in [7, 11) is 0. The van der Waals surface area contributed by atoms with E-state index in [9.17, 15) is 4.79 Å². The number of hydrogen-bond acceptors (Lipinski definition) is 2. The molecule has 0 N–H and O–H groups in total.